The predicted molar refractivity (Wildman–Crippen MR) is 91.0 cm³/mol. The molecule has 3 heteroatoms. The van der Waals surface area contributed by atoms with Crippen LogP contribution in [0, 0.1) is 0 Å². The van der Waals surface area contributed by atoms with E-state index >= 15 is 0 Å². The number of aromatic nitrogens is 2. The van der Waals surface area contributed by atoms with Gasteiger partial charge in [0.25, 0.3) is 0 Å². The van der Waals surface area contributed by atoms with Crippen molar-refractivity contribution in [3.05, 3.63) is 54.2 Å². The van der Waals surface area contributed by atoms with Crippen LogP contribution in [0.15, 0.2) is 48.5 Å². The number of fused-ring (bicyclic) bond motifs is 5. The smallest absolute Gasteiger partial charge is 0.0964 e. The van der Waals surface area contributed by atoms with E-state index in [2.05, 4.69) is 29.8 Å². The Morgan fingerprint density at radius 1 is 1.05 bits per heavy atom. The maximum Gasteiger partial charge on any atom is 0.0964 e. The van der Waals surface area contributed by atoms with Crippen LogP contribution < -0.4 is 0 Å². The number of hydrogen-bond donors (Lipinski definition) is 1. The lowest BCUT2D eigenvalue weighted by atomic mass is 10.0. The van der Waals surface area contributed by atoms with Crippen LogP contribution in [0.2, 0.25) is 0 Å². The quantitative estimate of drug-likeness (QED) is 0.597. The summed E-state index contributed by atoms with van der Waals surface area (Å²) in [6.45, 7) is 1.98. The van der Waals surface area contributed by atoms with Crippen molar-refractivity contribution in [2.75, 3.05) is 0 Å². The molecule has 2 heterocycles. The van der Waals surface area contributed by atoms with Crippen LogP contribution in [0.25, 0.3) is 32.7 Å². The molecular formula is C19H18N2O. The molecule has 2 aromatic carbocycles. The van der Waals surface area contributed by atoms with E-state index in [1.54, 1.807) is 0 Å². The third-order valence-corrected chi connectivity index (χ3v) is 4.47. The topological polar surface area (TPSA) is 38.1 Å². The molecule has 1 atom stereocenters. The van der Waals surface area contributed by atoms with Crippen molar-refractivity contribution in [3.63, 3.8) is 0 Å². The molecule has 1 N–H and O–H groups in total. The van der Waals surface area contributed by atoms with Gasteiger partial charge in [-0.25, -0.2) is 4.98 Å². The third kappa shape index (κ3) is 1.69. The minimum atomic E-state index is -0.544. The molecule has 0 saturated carbocycles. The first-order valence-electron chi connectivity index (χ1n) is 7.66. The molecule has 110 valence electrons. The van der Waals surface area contributed by atoms with E-state index in [4.69, 9.17) is 4.98 Å². The van der Waals surface area contributed by atoms with Crippen molar-refractivity contribution >= 4 is 32.7 Å². The molecule has 4 aromatic rings. The average molecular weight is 290 g/mol. The molecule has 2 aromatic heterocycles. The fourth-order valence-corrected chi connectivity index (χ4v) is 3.36. The number of para-hydroxylation sites is 2. The molecule has 0 aliphatic heterocycles. The van der Waals surface area contributed by atoms with E-state index in [1.165, 1.54) is 5.52 Å². The first kappa shape index (κ1) is 13.3. The Bertz CT molecular complexity index is 1000. The molecule has 0 amide bonds. The number of rotatable bonds is 2. The van der Waals surface area contributed by atoms with Crippen LogP contribution >= 0.6 is 0 Å². The van der Waals surface area contributed by atoms with E-state index in [0.29, 0.717) is 6.42 Å². The monoisotopic (exact) mass is 290 g/mol. The van der Waals surface area contributed by atoms with Crippen molar-refractivity contribution in [2.24, 2.45) is 7.05 Å². The van der Waals surface area contributed by atoms with Gasteiger partial charge in [0.1, 0.15) is 0 Å². The van der Waals surface area contributed by atoms with Crippen molar-refractivity contribution in [2.45, 2.75) is 19.4 Å². The molecule has 0 fully saturated rings. The maximum absolute atomic E-state index is 10.5. The highest BCUT2D eigenvalue weighted by atomic mass is 16.3. The first-order valence-corrected chi connectivity index (χ1v) is 7.66. The predicted octanol–water partition coefficient (Wildman–Crippen LogP) is 4.32. The molecule has 0 aliphatic rings. The Morgan fingerprint density at radius 3 is 2.50 bits per heavy atom. The number of benzene rings is 2. The summed E-state index contributed by atoms with van der Waals surface area (Å²) < 4.78 is 2.21. The van der Waals surface area contributed by atoms with Gasteiger partial charge in [-0.1, -0.05) is 43.3 Å². The summed E-state index contributed by atoms with van der Waals surface area (Å²) in [6, 6.07) is 16.5. The number of nitrogens with zero attached hydrogens (tertiary/aromatic N) is 2. The van der Waals surface area contributed by atoms with Gasteiger partial charge in [-0.2, -0.15) is 0 Å². The zero-order valence-corrected chi connectivity index (χ0v) is 12.7. The van der Waals surface area contributed by atoms with Crippen LogP contribution in [0.1, 0.15) is 25.1 Å². The van der Waals surface area contributed by atoms with Gasteiger partial charge in [-0.05, 0) is 18.6 Å². The van der Waals surface area contributed by atoms with Crippen LogP contribution in [0.4, 0.5) is 0 Å². The van der Waals surface area contributed by atoms with E-state index in [1.807, 2.05) is 37.3 Å². The van der Waals surface area contributed by atoms with Gasteiger partial charge in [0.15, 0.2) is 0 Å². The van der Waals surface area contributed by atoms with Gasteiger partial charge >= 0.3 is 0 Å². The number of hydrogen-bond acceptors (Lipinski definition) is 2. The minimum absolute atomic E-state index is 0.544. The number of aliphatic hydroxyl groups excluding tert-OH is 1. The molecule has 4 rings (SSSR count). The summed E-state index contributed by atoms with van der Waals surface area (Å²) in [4.78, 5) is 4.77. The fourth-order valence-electron chi connectivity index (χ4n) is 3.36. The lowest BCUT2D eigenvalue weighted by Gasteiger charge is -2.12. The van der Waals surface area contributed by atoms with Crippen molar-refractivity contribution in [3.8, 4) is 0 Å². The average Bonchev–Trinajstić information content (AvgIpc) is 2.87. The zero-order chi connectivity index (χ0) is 15.3. The van der Waals surface area contributed by atoms with Gasteiger partial charge in [-0.3, -0.25) is 0 Å². The molecule has 3 nitrogen and oxygen atoms in total. The summed E-state index contributed by atoms with van der Waals surface area (Å²) in [7, 11) is 2.08. The van der Waals surface area contributed by atoms with Crippen molar-refractivity contribution in [1.29, 1.82) is 0 Å². The molecule has 0 aliphatic carbocycles. The number of aliphatic hydroxyl groups is 1. The first-order chi connectivity index (χ1) is 10.7. The van der Waals surface area contributed by atoms with Crippen LogP contribution in [-0.2, 0) is 7.05 Å². The largest absolute Gasteiger partial charge is 0.387 e. The second-order valence-electron chi connectivity index (χ2n) is 5.74. The lowest BCUT2D eigenvalue weighted by molar-refractivity contribution is 0.171. The Hall–Kier alpha value is -2.39. The van der Waals surface area contributed by atoms with Gasteiger partial charge in [-0.15, -0.1) is 0 Å². The summed E-state index contributed by atoms with van der Waals surface area (Å²) in [6.07, 6.45) is 0.113. The molecule has 1 unspecified atom stereocenters. The van der Waals surface area contributed by atoms with E-state index in [9.17, 15) is 5.11 Å². The molecule has 0 spiro atoms. The van der Waals surface area contributed by atoms with Gasteiger partial charge in [0.2, 0.25) is 0 Å². The highest BCUT2D eigenvalue weighted by molar-refractivity contribution is 6.17. The second-order valence-corrected chi connectivity index (χ2v) is 5.74. The highest BCUT2D eigenvalue weighted by Gasteiger charge is 2.19. The summed E-state index contributed by atoms with van der Waals surface area (Å²) in [5, 5.41) is 13.8. The lowest BCUT2D eigenvalue weighted by Crippen LogP contribution is -2.01. The fraction of sp³-hybridized carbons (Fsp3) is 0.211. The van der Waals surface area contributed by atoms with E-state index < -0.39 is 6.10 Å². The number of pyridine rings is 1. The van der Waals surface area contributed by atoms with Gasteiger partial charge in [0, 0.05) is 28.7 Å². The third-order valence-electron chi connectivity index (χ3n) is 4.47. The second kappa shape index (κ2) is 4.82. The highest BCUT2D eigenvalue weighted by Crippen LogP contribution is 2.37. The summed E-state index contributed by atoms with van der Waals surface area (Å²) in [5.41, 5.74) is 4.03. The Morgan fingerprint density at radius 2 is 1.73 bits per heavy atom. The van der Waals surface area contributed by atoms with E-state index in [0.717, 1.165) is 32.9 Å². The molecule has 0 bridgehead atoms. The van der Waals surface area contributed by atoms with E-state index in [-0.39, 0.29) is 0 Å². The zero-order valence-electron chi connectivity index (χ0n) is 12.7. The van der Waals surface area contributed by atoms with Gasteiger partial charge in [0.05, 0.1) is 22.8 Å². The summed E-state index contributed by atoms with van der Waals surface area (Å²) >= 11 is 0. The van der Waals surface area contributed by atoms with Gasteiger partial charge < -0.3 is 9.67 Å². The Balaban J connectivity index is 2.33. The van der Waals surface area contributed by atoms with Crippen molar-refractivity contribution in [1.82, 2.24) is 9.55 Å². The molecule has 0 radical (unpaired) electrons. The van der Waals surface area contributed by atoms with Crippen LogP contribution in [0.5, 0.6) is 0 Å². The Kier molecular flexibility index (Phi) is 2.91. The number of aryl methyl sites for hydroxylation is 1. The normalized spacial score (nSPS) is 13.2. The van der Waals surface area contributed by atoms with Crippen LogP contribution in [-0.4, -0.2) is 14.7 Å². The van der Waals surface area contributed by atoms with Crippen LogP contribution in [0.3, 0.4) is 0 Å². The standard InChI is InChI=1S/C19H18N2O/c1-3-16(22)18-17-13-9-5-7-11-15(13)21(2)19(17)12-8-4-6-10-14(12)20-18/h4-11,16,22H,3H2,1-2H3. The summed E-state index contributed by atoms with van der Waals surface area (Å²) in [5.74, 6) is 0. The molecule has 22 heavy (non-hydrogen) atoms. The maximum atomic E-state index is 10.5. The van der Waals surface area contributed by atoms with Crippen molar-refractivity contribution < 1.29 is 5.11 Å². The SMILES string of the molecule is CCC(O)c1nc2ccccc2c2c1c1ccccc1n2C. The molecule has 0 saturated heterocycles. The Labute approximate surface area is 128 Å². The minimum Gasteiger partial charge on any atom is -0.387 e. The molecular weight excluding hydrogens is 272 g/mol.